The molecule has 0 spiro atoms. The van der Waals surface area contributed by atoms with Gasteiger partial charge in [-0.25, -0.2) is 4.98 Å². The van der Waals surface area contributed by atoms with Gasteiger partial charge in [0, 0.05) is 39.4 Å². The quantitative estimate of drug-likeness (QED) is 0.284. The first kappa shape index (κ1) is 27.2. The first-order chi connectivity index (χ1) is 15.5. The fourth-order valence-corrected chi connectivity index (χ4v) is 3.99. The van der Waals surface area contributed by atoms with Gasteiger partial charge in [0.1, 0.15) is 11.6 Å². The number of benzene rings is 1. The molecule has 3 unspecified atom stereocenters. The predicted molar refractivity (Wildman–Crippen MR) is 146 cm³/mol. The van der Waals surface area contributed by atoms with Crippen molar-refractivity contribution in [2.75, 3.05) is 38.7 Å². The van der Waals surface area contributed by atoms with Crippen LogP contribution in [0.2, 0.25) is 0 Å². The molecule has 1 aliphatic rings. The molecule has 1 fully saturated rings. The second-order valence-electron chi connectivity index (χ2n) is 8.50. The molecule has 0 radical (unpaired) electrons. The number of ether oxygens (including phenoxy) is 2. The SMILES string of the molecule is CN=C(NCCC(C)c1ccc(OC)cc1)NCc1ccc(N2CC(C)OC(C)C2)nc1.I. The van der Waals surface area contributed by atoms with E-state index < -0.39 is 0 Å². The molecule has 3 rings (SSSR count). The molecule has 2 aromatic rings. The first-order valence-electron chi connectivity index (χ1n) is 11.4. The lowest BCUT2D eigenvalue weighted by Crippen LogP contribution is -2.45. The Hall–Kier alpha value is -2.07. The Kier molecular flexibility index (Phi) is 11.2. The molecule has 0 saturated carbocycles. The Morgan fingerprint density at radius 1 is 1.15 bits per heavy atom. The van der Waals surface area contributed by atoms with Crippen LogP contribution < -0.4 is 20.3 Å². The number of nitrogens with one attached hydrogen (secondary N) is 2. The van der Waals surface area contributed by atoms with Crippen molar-refractivity contribution < 1.29 is 9.47 Å². The third-order valence-electron chi connectivity index (χ3n) is 5.79. The van der Waals surface area contributed by atoms with Crippen molar-refractivity contribution in [2.24, 2.45) is 4.99 Å². The Morgan fingerprint density at radius 3 is 2.42 bits per heavy atom. The first-order valence-corrected chi connectivity index (χ1v) is 11.4. The lowest BCUT2D eigenvalue weighted by Gasteiger charge is -2.36. The number of morpholine rings is 1. The summed E-state index contributed by atoms with van der Waals surface area (Å²) in [4.78, 5) is 11.3. The van der Waals surface area contributed by atoms with Crippen LogP contribution in [0.25, 0.3) is 0 Å². The predicted octanol–water partition coefficient (Wildman–Crippen LogP) is 4.18. The van der Waals surface area contributed by atoms with Crippen LogP contribution >= 0.6 is 24.0 Å². The number of nitrogens with zero attached hydrogens (tertiary/aromatic N) is 3. The normalized spacial score (nSPS) is 19.4. The van der Waals surface area contributed by atoms with Gasteiger partial charge in [-0.3, -0.25) is 4.99 Å². The van der Waals surface area contributed by atoms with Crippen molar-refractivity contribution in [1.82, 2.24) is 15.6 Å². The summed E-state index contributed by atoms with van der Waals surface area (Å²) in [5, 5.41) is 6.78. The van der Waals surface area contributed by atoms with Crippen molar-refractivity contribution in [3.63, 3.8) is 0 Å². The maximum absolute atomic E-state index is 5.82. The Labute approximate surface area is 215 Å². The van der Waals surface area contributed by atoms with Gasteiger partial charge in [0.05, 0.1) is 19.3 Å². The molecule has 0 bridgehead atoms. The third kappa shape index (κ3) is 8.33. The molecule has 2 heterocycles. The summed E-state index contributed by atoms with van der Waals surface area (Å²) in [7, 11) is 3.49. The zero-order chi connectivity index (χ0) is 22.9. The van der Waals surface area contributed by atoms with Gasteiger partial charge in [-0.1, -0.05) is 25.1 Å². The molecule has 2 N–H and O–H groups in total. The van der Waals surface area contributed by atoms with E-state index in [2.05, 4.69) is 70.5 Å². The van der Waals surface area contributed by atoms with E-state index in [1.165, 1.54) is 5.56 Å². The summed E-state index contributed by atoms with van der Waals surface area (Å²) in [6, 6.07) is 12.5. The van der Waals surface area contributed by atoms with Crippen molar-refractivity contribution in [3.8, 4) is 5.75 Å². The van der Waals surface area contributed by atoms with Crippen LogP contribution in [0.4, 0.5) is 5.82 Å². The van der Waals surface area contributed by atoms with Gasteiger partial charge < -0.3 is 25.0 Å². The Balaban J connectivity index is 0.00000385. The smallest absolute Gasteiger partial charge is 0.191 e. The minimum absolute atomic E-state index is 0. The average Bonchev–Trinajstić information content (AvgIpc) is 2.81. The molecule has 0 aliphatic carbocycles. The van der Waals surface area contributed by atoms with Crippen molar-refractivity contribution in [2.45, 2.75) is 51.9 Å². The summed E-state index contributed by atoms with van der Waals surface area (Å²) in [5.41, 5.74) is 2.43. The van der Waals surface area contributed by atoms with Crippen LogP contribution in [0.5, 0.6) is 5.75 Å². The molecule has 8 heteroatoms. The number of methoxy groups -OCH3 is 1. The summed E-state index contributed by atoms with van der Waals surface area (Å²) < 4.78 is 11.1. The molecular formula is C25H38IN5O2. The fraction of sp³-hybridized carbons (Fsp3) is 0.520. The van der Waals surface area contributed by atoms with Crippen LogP contribution in [0.1, 0.15) is 44.2 Å². The lowest BCUT2D eigenvalue weighted by molar-refractivity contribution is -0.00545. The number of halogens is 1. The van der Waals surface area contributed by atoms with E-state index in [0.717, 1.165) is 49.1 Å². The zero-order valence-corrected chi connectivity index (χ0v) is 22.7. The van der Waals surface area contributed by atoms with Gasteiger partial charge in [0.15, 0.2) is 5.96 Å². The van der Waals surface area contributed by atoms with Crippen LogP contribution in [0.3, 0.4) is 0 Å². The Morgan fingerprint density at radius 2 is 1.85 bits per heavy atom. The molecule has 3 atom stereocenters. The highest BCUT2D eigenvalue weighted by Crippen LogP contribution is 2.21. The summed E-state index contributed by atoms with van der Waals surface area (Å²) in [6.45, 7) is 9.73. The topological polar surface area (TPSA) is 71.0 Å². The van der Waals surface area contributed by atoms with Gasteiger partial charge in [-0.05, 0) is 55.5 Å². The van der Waals surface area contributed by atoms with E-state index in [1.54, 1.807) is 14.2 Å². The van der Waals surface area contributed by atoms with Crippen molar-refractivity contribution in [1.29, 1.82) is 0 Å². The van der Waals surface area contributed by atoms with Gasteiger partial charge in [-0.15, -0.1) is 24.0 Å². The third-order valence-corrected chi connectivity index (χ3v) is 5.79. The van der Waals surface area contributed by atoms with E-state index >= 15 is 0 Å². The van der Waals surface area contributed by atoms with Crippen LogP contribution in [-0.4, -0.2) is 56.9 Å². The van der Waals surface area contributed by atoms with Gasteiger partial charge >= 0.3 is 0 Å². The number of aliphatic imine (C=N–C) groups is 1. The number of aromatic nitrogens is 1. The number of guanidine groups is 1. The minimum Gasteiger partial charge on any atom is -0.497 e. The molecule has 1 aromatic carbocycles. The highest BCUT2D eigenvalue weighted by atomic mass is 127. The summed E-state index contributed by atoms with van der Waals surface area (Å²) >= 11 is 0. The van der Waals surface area contributed by atoms with Crippen LogP contribution in [-0.2, 0) is 11.3 Å². The number of rotatable bonds is 8. The summed E-state index contributed by atoms with van der Waals surface area (Å²) in [5.74, 6) is 3.15. The van der Waals surface area contributed by atoms with Gasteiger partial charge in [0.2, 0.25) is 0 Å². The maximum Gasteiger partial charge on any atom is 0.191 e. The number of anilines is 1. The fourth-order valence-electron chi connectivity index (χ4n) is 3.99. The minimum atomic E-state index is 0. The number of hydrogen-bond acceptors (Lipinski definition) is 5. The van der Waals surface area contributed by atoms with E-state index in [0.29, 0.717) is 12.5 Å². The second kappa shape index (κ2) is 13.6. The zero-order valence-electron chi connectivity index (χ0n) is 20.4. The maximum atomic E-state index is 5.82. The molecular weight excluding hydrogens is 529 g/mol. The van der Waals surface area contributed by atoms with E-state index in [-0.39, 0.29) is 36.2 Å². The highest BCUT2D eigenvalue weighted by Gasteiger charge is 2.22. The average molecular weight is 568 g/mol. The monoisotopic (exact) mass is 567 g/mol. The molecule has 1 aliphatic heterocycles. The second-order valence-corrected chi connectivity index (χ2v) is 8.50. The van der Waals surface area contributed by atoms with E-state index in [1.807, 2.05) is 18.3 Å². The molecule has 1 aromatic heterocycles. The Bertz CT molecular complexity index is 850. The largest absolute Gasteiger partial charge is 0.497 e. The lowest BCUT2D eigenvalue weighted by atomic mass is 9.98. The molecule has 7 nitrogen and oxygen atoms in total. The number of pyridine rings is 1. The van der Waals surface area contributed by atoms with E-state index in [4.69, 9.17) is 9.47 Å². The van der Waals surface area contributed by atoms with Gasteiger partial charge in [0.25, 0.3) is 0 Å². The van der Waals surface area contributed by atoms with Gasteiger partial charge in [-0.2, -0.15) is 0 Å². The van der Waals surface area contributed by atoms with Crippen LogP contribution in [0, 0.1) is 0 Å². The van der Waals surface area contributed by atoms with Crippen molar-refractivity contribution in [3.05, 3.63) is 53.7 Å². The number of hydrogen-bond donors (Lipinski definition) is 2. The highest BCUT2D eigenvalue weighted by molar-refractivity contribution is 14.0. The van der Waals surface area contributed by atoms with E-state index in [9.17, 15) is 0 Å². The molecule has 182 valence electrons. The van der Waals surface area contributed by atoms with Crippen molar-refractivity contribution >= 4 is 35.8 Å². The standard InChI is InChI=1S/C25H37N5O2.HI/c1-18(22-7-9-23(31-5)10-8-22)12-13-27-25(26-4)29-15-21-6-11-24(28-14-21)30-16-19(2)32-20(3)17-30;/h6-11,14,18-20H,12-13,15-17H2,1-5H3,(H2,26,27,29);1H. The molecule has 1 saturated heterocycles. The van der Waals surface area contributed by atoms with Crippen LogP contribution in [0.15, 0.2) is 47.6 Å². The molecule has 33 heavy (non-hydrogen) atoms. The molecule has 0 amide bonds. The summed E-state index contributed by atoms with van der Waals surface area (Å²) in [6.07, 6.45) is 3.40.